The Labute approximate surface area is 155 Å². The Morgan fingerprint density at radius 3 is 2.44 bits per heavy atom. The molecule has 136 valence electrons. The summed E-state index contributed by atoms with van der Waals surface area (Å²) in [5.74, 6) is 0.0555. The molecule has 1 aromatic heterocycles. The third-order valence-electron chi connectivity index (χ3n) is 3.88. The minimum Gasteiger partial charge on any atom is -0.350 e. The Morgan fingerprint density at radius 2 is 1.88 bits per heavy atom. The summed E-state index contributed by atoms with van der Waals surface area (Å²) in [5.41, 5.74) is 3.31. The Kier molecular flexibility index (Phi) is 6.73. The molecule has 0 aliphatic heterocycles. The molecule has 0 saturated heterocycles. The highest BCUT2D eigenvalue weighted by atomic mass is 32.1. The number of hydrogen-bond donors (Lipinski definition) is 1. The smallest absolute Gasteiger partial charge is 0.234 e. The lowest BCUT2D eigenvalue weighted by Crippen LogP contribution is -2.45. The van der Waals surface area contributed by atoms with E-state index in [1.165, 1.54) is 5.56 Å². The van der Waals surface area contributed by atoms with E-state index in [9.17, 15) is 4.79 Å². The molecule has 1 heterocycles. The molecule has 1 aromatic carbocycles. The highest BCUT2D eigenvalue weighted by Crippen LogP contribution is 2.24. The van der Waals surface area contributed by atoms with Crippen molar-refractivity contribution in [1.29, 1.82) is 0 Å². The third-order valence-corrected chi connectivity index (χ3v) is 4.82. The van der Waals surface area contributed by atoms with E-state index in [2.05, 4.69) is 53.7 Å². The quantitative estimate of drug-likeness (QED) is 0.809. The maximum absolute atomic E-state index is 12.1. The van der Waals surface area contributed by atoms with E-state index in [0.717, 1.165) is 29.2 Å². The van der Waals surface area contributed by atoms with Gasteiger partial charge in [0.25, 0.3) is 0 Å². The number of nitrogens with one attached hydrogen (secondary N) is 1. The summed E-state index contributed by atoms with van der Waals surface area (Å²) in [5, 5.41) is 6.14. The summed E-state index contributed by atoms with van der Waals surface area (Å²) in [6, 6.07) is 8.59. The van der Waals surface area contributed by atoms with Gasteiger partial charge in [-0.15, -0.1) is 11.3 Å². The van der Waals surface area contributed by atoms with Crippen molar-refractivity contribution in [3.63, 3.8) is 0 Å². The lowest BCUT2D eigenvalue weighted by Gasteiger charge is -2.24. The molecular weight excluding hydrogens is 330 g/mol. The number of aromatic nitrogens is 1. The SMILES string of the molecule is CCc1ccc(-c2nc(CN(CC)CC(=O)NC(C)(C)C)cs2)cc1. The van der Waals surface area contributed by atoms with Crippen LogP contribution in [0.25, 0.3) is 10.6 Å². The predicted molar refractivity (Wildman–Crippen MR) is 106 cm³/mol. The molecule has 5 heteroatoms. The Hall–Kier alpha value is -1.72. The first-order valence-electron chi connectivity index (χ1n) is 8.87. The Morgan fingerprint density at radius 1 is 1.20 bits per heavy atom. The molecule has 1 amide bonds. The van der Waals surface area contributed by atoms with Gasteiger partial charge in [-0.25, -0.2) is 4.98 Å². The van der Waals surface area contributed by atoms with Crippen LogP contribution in [0, 0.1) is 0 Å². The van der Waals surface area contributed by atoms with Gasteiger partial charge in [-0.1, -0.05) is 38.1 Å². The second-order valence-corrected chi connectivity index (χ2v) is 8.15. The average Bonchev–Trinajstić information content (AvgIpc) is 3.01. The number of carbonyl (C=O) groups excluding carboxylic acids is 1. The first kappa shape index (κ1) is 19.6. The highest BCUT2D eigenvalue weighted by Gasteiger charge is 2.17. The first-order valence-corrected chi connectivity index (χ1v) is 9.75. The maximum Gasteiger partial charge on any atom is 0.234 e. The molecule has 0 aliphatic rings. The number of aryl methyl sites for hydroxylation is 1. The molecule has 0 fully saturated rings. The topological polar surface area (TPSA) is 45.2 Å². The van der Waals surface area contributed by atoms with Gasteiger partial charge in [0.1, 0.15) is 5.01 Å². The zero-order valence-electron chi connectivity index (χ0n) is 15.9. The summed E-state index contributed by atoms with van der Waals surface area (Å²) < 4.78 is 0. The van der Waals surface area contributed by atoms with Crippen LogP contribution in [-0.4, -0.2) is 34.4 Å². The predicted octanol–water partition coefficient (Wildman–Crippen LogP) is 4.11. The van der Waals surface area contributed by atoms with Gasteiger partial charge in [0.15, 0.2) is 0 Å². The van der Waals surface area contributed by atoms with Crippen LogP contribution in [0.15, 0.2) is 29.6 Å². The van der Waals surface area contributed by atoms with Crippen molar-refractivity contribution in [2.75, 3.05) is 13.1 Å². The van der Waals surface area contributed by atoms with Crippen LogP contribution in [0.5, 0.6) is 0 Å². The van der Waals surface area contributed by atoms with Crippen LogP contribution in [-0.2, 0) is 17.8 Å². The van der Waals surface area contributed by atoms with E-state index < -0.39 is 0 Å². The Balaban J connectivity index is 1.99. The minimum absolute atomic E-state index is 0.0555. The second-order valence-electron chi connectivity index (χ2n) is 7.30. The fraction of sp³-hybridized carbons (Fsp3) is 0.500. The van der Waals surface area contributed by atoms with Gasteiger partial charge in [-0.05, 0) is 39.3 Å². The van der Waals surface area contributed by atoms with Gasteiger partial charge in [-0.2, -0.15) is 0 Å². The number of rotatable bonds is 7. The van der Waals surface area contributed by atoms with Gasteiger partial charge < -0.3 is 5.32 Å². The van der Waals surface area contributed by atoms with Crippen molar-refractivity contribution < 1.29 is 4.79 Å². The van der Waals surface area contributed by atoms with Crippen LogP contribution < -0.4 is 5.32 Å². The number of benzene rings is 1. The van der Waals surface area contributed by atoms with Crippen molar-refractivity contribution in [1.82, 2.24) is 15.2 Å². The minimum atomic E-state index is -0.199. The lowest BCUT2D eigenvalue weighted by molar-refractivity contribution is -0.123. The standard InChI is InChI=1S/C20H29N3OS/c1-6-15-8-10-16(11-9-15)19-21-17(14-25-19)12-23(7-2)13-18(24)22-20(3,4)5/h8-11,14H,6-7,12-13H2,1-5H3,(H,22,24). The first-order chi connectivity index (χ1) is 11.8. The monoisotopic (exact) mass is 359 g/mol. The molecule has 2 rings (SSSR count). The molecule has 1 N–H and O–H groups in total. The average molecular weight is 360 g/mol. The number of hydrogen-bond acceptors (Lipinski definition) is 4. The molecule has 4 nitrogen and oxygen atoms in total. The Bertz CT molecular complexity index is 686. The number of carbonyl (C=O) groups is 1. The molecule has 0 saturated carbocycles. The molecule has 0 aliphatic carbocycles. The normalized spacial score (nSPS) is 11.8. The van der Waals surface area contributed by atoms with Crippen LogP contribution in [0.4, 0.5) is 0 Å². The molecule has 2 aromatic rings. The van der Waals surface area contributed by atoms with Gasteiger partial charge >= 0.3 is 0 Å². The molecule has 0 atom stereocenters. The van der Waals surface area contributed by atoms with E-state index in [0.29, 0.717) is 13.1 Å². The molecule has 0 bridgehead atoms. The number of likely N-dealkylation sites (N-methyl/N-ethyl adjacent to an activating group) is 1. The van der Waals surface area contributed by atoms with Gasteiger partial charge in [0, 0.05) is 23.0 Å². The molecule has 0 spiro atoms. The van der Waals surface area contributed by atoms with Crippen LogP contribution >= 0.6 is 11.3 Å². The molecule has 0 unspecified atom stereocenters. The van der Waals surface area contributed by atoms with Gasteiger partial charge in [-0.3, -0.25) is 9.69 Å². The van der Waals surface area contributed by atoms with Gasteiger partial charge in [0.2, 0.25) is 5.91 Å². The third kappa shape index (κ3) is 6.25. The highest BCUT2D eigenvalue weighted by molar-refractivity contribution is 7.13. The fourth-order valence-corrected chi connectivity index (χ4v) is 3.38. The number of amides is 1. The fourth-order valence-electron chi connectivity index (χ4n) is 2.56. The zero-order valence-corrected chi connectivity index (χ0v) is 16.7. The van der Waals surface area contributed by atoms with E-state index >= 15 is 0 Å². The summed E-state index contributed by atoms with van der Waals surface area (Å²) in [6.45, 7) is 12.1. The number of thiazole rings is 1. The largest absolute Gasteiger partial charge is 0.350 e. The van der Waals surface area contributed by atoms with Crippen molar-refractivity contribution in [3.8, 4) is 10.6 Å². The summed E-state index contributed by atoms with van der Waals surface area (Å²) in [7, 11) is 0. The van der Waals surface area contributed by atoms with Crippen molar-refractivity contribution in [2.24, 2.45) is 0 Å². The zero-order chi connectivity index (χ0) is 18.4. The van der Waals surface area contributed by atoms with E-state index in [1.54, 1.807) is 11.3 Å². The van der Waals surface area contributed by atoms with E-state index in [4.69, 9.17) is 4.98 Å². The van der Waals surface area contributed by atoms with Crippen LogP contribution in [0.3, 0.4) is 0 Å². The van der Waals surface area contributed by atoms with Crippen LogP contribution in [0.2, 0.25) is 0 Å². The van der Waals surface area contributed by atoms with Crippen molar-refractivity contribution in [3.05, 3.63) is 40.9 Å². The van der Waals surface area contributed by atoms with Crippen molar-refractivity contribution >= 4 is 17.2 Å². The summed E-state index contributed by atoms with van der Waals surface area (Å²) in [4.78, 5) is 19.0. The van der Waals surface area contributed by atoms with E-state index in [-0.39, 0.29) is 11.4 Å². The lowest BCUT2D eigenvalue weighted by atomic mass is 10.1. The van der Waals surface area contributed by atoms with Gasteiger partial charge in [0.05, 0.1) is 12.2 Å². The van der Waals surface area contributed by atoms with Crippen molar-refractivity contribution in [2.45, 2.75) is 53.1 Å². The molecule has 0 radical (unpaired) electrons. The maximum atomic E-state index is 12.1. The number of nitrogens with zero attached hydrogens (tertiary/aromatic N) is 2. The summed E-state index contributed by atoms with van der Waals surface area (Å²) in [6.07, 6.45) is 1.05. The molecule has 25 heavy (non-hydrogen) atoms. The van der Waals surface area contributed by atoms with E-state index in [1.807, 2.05) is 20.8 Å². The second kappa shape index (κ2) is 8.59. The summed E-state index contributed by atoms with van der Waals surface area (Å²) >= 11 is 1.66. The molecular formula is C20H29N3OS. The van der Waals surface area contributed by atoms with Crippen LogP contribution in [0.1, 0.15) is 45.9 Å².